The van der Waals surface area contributed by atoms with Crippen LogP contribution in [0.1, 0.15) is 32.1 Å². The van der Waals surface area contributed by atoms with Crippen molar-refractivity contribution in [3.05, 3.63) is 0 Å². The lowest BCUT2D eigenvalue weighted by atomic mass is 9.87. The minimum Gasteiger partial charge on any atom is -0.125 e. The van der Waals surface area contributed by atoms with Gasteiger partial charge in [0.2, 0.25) is 0 Å². The van der Waals surface area contributed by atoms with Crippen molar-refractivity contribution in [3.8, 4) is 0 Å². The van der Waals surface area contributed by atoms with Gasteiger partial charge >= 0.3 is 0 Å². The van der Waals surface area contributed by atoms with E-state index in [1.54, 1.807) is 0 Å². The minimum atomic E-state index is 0.224. The van der Waals surface area contributed by atoms with Crippen molar-refractivity contribution < 1.29 is 0 Å². The van der Waals surface area contributed by atoms with Crippen LogP contribution in [0.5, 0.6) is 0 Å². The summed E-state index contributed by atoms with van der Waals surface area (Å²) in [6.45, 7) is 0. The molecule has 1 unspecified atom stereocenters. The van der Waals surface area contributed by atoms with Crippen LogP contribution in [-0.2, 0) is 0 Å². The van der Waals surface area contributed by atoms with Crippen LogP contribution < -0.4 is 0 Å². The molecule has 1 saturated carbocycles. The summed E-state index contributed by atoms with van der Waals surface area (Å²) in [5.41, 5.74) is 0. The van der Waals surface area contributed by atoms with Crippen LogP contribution in [0.4, 0.5) is 0 Å². The molecule has 1 rings (SSSR count). The Morgan fingerprint density at radius 1 is 1.20 bits per heavy atom. The van der Waals surface area contributed by atoms with Crippen molar-refractivity contribution in [1.82, 2.24) is 0 Å². The van der Waals surface area contributed by atoms with E-state index in [1.807, 2.05) is 0 Å². The van der Waals surface area contributed by atoms with E-state index in [-0.39, 0.29) is 5.38 Å². The molecule has 1 fully saturated rings. The van der Waals surface area contributed by atoms with Crippen LogP contribution in [0.15, 0.2) is 0 Å². The van der Waals surface area contributed by atoms with E-state index in [0.717, 1.165) is 0 Å². The third-order valence-electron chi connectivity index (χ3n) is 2.31. The molecule has 2 heteroatoms. The first kappa shape index (κ1) is 8.67. The van der Waals surface area contributed by atoms with Crippen molar-refractivity contribution in [2.24, 2.45) is 5.92 Å². The Morgan fingerprint density at radius 3 is 2.30 bits per heavy atom. The first-order chi connectivity index (χ1) is 4.84. The molecule has 0 spiro atoms. The van der Waals surface area contributed by atoms with Crippen LogP contribution in [0, 0.1) is 5.92 Å². The number of hydrogen-bond donors (Lipinski definition) is 0. The molecule has 0 aromatic heterocycles. The second-order valence-corrected chi connectivity index (χ2v) is 3.94. The molecule has 1 aliphatic rings. The van der Waals surface area contributed by atoms with Gasteiger partial charge in [-0.3, -0.25) is 0 Å². The van der Waals surface area contributed by atoms with E-state index in [0.29, 0.717) is 11.8 Å². The van der Waals surface area contributed by atoms with Gasteiger partial charge in [0.1, 0.15) is 0 Å². The lowest BCUT2D eigenvalue weighted by Gasteiger charge is -2.24. The summed E-state index contributed by atoms with van der Waals surface area (Å²) in [6, 6.07) is 0. The van der Waals surface area contributed by atoms with Crippen LogP contribution >= 0.6 is 23.2 Å². The minimum absolute atomic E-state index is 0.224. The molecule has 0 amide bonds. The van der Waals surface area contributed by atoms with E-state index in [1.165, 1.54) is 32.1 Å². The first-order valence-electron chi connectivity index (χ1n) is 4.04. The summed E-state index contributed by atoms with van der Waals surface area (Å²) in [5.74, 6) is 1.32. The van der Waals surface area contributed by atoms with Crippen LogP contribution in [-0.4, -0.2) is 11.3 Å². The molecular weight excluding hydrogens is 167 g/mol. The summed E-state index contributed by atoms with van der Waals surface area (Å²) in [6.07, 6.45) is 6.68. The standard InChI is InChI=1S/C8H14Cl2/c9-6-8(10)7-4-2-1-3-5-7/h7-8H,1-6H2. The van der Waals surface area contributed by atoms with Gasteiger partial charge in [-0.25, -0.2) is 0 Å². The Balaban J connectivity index is 2.24. The van der Waals surface area contributed by atoms with Gasteiger partial charge in [-0.15, -0.1) is 23.2 Å². The maximum atomic E-state index is 6.01. The van der Waals surface area contributed by atoms with Gasteiger partial charge in [0.15, 0.2) is 0 Å². The highest BCUT2D eigenvalue weighted by Gasteiger charge is 2.20. The quantitative estimate of drug-likeness (QED) is 0.572. The molecule has 0 N–H and O–H groups in total. The molecule has 0 aliphatic heterocycles. The molecule has 0 nitrogen and oxygen atoms in total. The monoisotopic (exact) mass is 180 g/mol. The predicted octanol–water partition coefficient (Wildman–Crippen LogP) is 3.41. The van der Waals surface area contributed by atoms with Gasteiger partial charge in [-0.2, -0.15) is 0 Å². The normalized spacial score (nSPS) is 24.6. The number of rotatable bonds is 2. The fourth-order valence-electron chi connectivity index (χ4n) is 1.62. The van der Waals surface area contributed by atoms with E-state index < -0.39 is 0 Å². The molecule has 1 aliphatic carbocycles. The fourth-order valence-corrected chi connectivity index (χ4v) is 2.13. The Labute approximate surface area is 72.9 Å². The second-order valence-electron chi connectivity index (χ2n) is 3.07. The van der Waals surface area contributed by atoms with Crippen LogP contribution in [0.2, 0.25) is 0 Å². The second kappa shape index (κ2) is 4.46. The lowest BCUT2D eigenvalue weighted by molar-refractivity contribution is 0.355. The topological polar surface area (TPSA) is 0 Å². The number of hydrogen-bond acceptors (Lipinski definition) is 0. The molecule has 0 saturated heterocycles. The predicted molar refractivity (Wildman–Crippen MR) is 46.9 cm³/mol. The molecule has 60 valence electrons. The molecule has 0 radical (unpaired) electrons. The maximum Gasteiger partial charge on any atom is 0.0499 e. The highest BCUT2D eigenvalue weighted by molar-refractivity contribution is 6.28. The summed E-state index contributed by atoms with van der Waals surface area (Å²) >= 11 is 11.7. The molecule has 0 bridgehead atoms. The van der Waals surface area contributed by atoms with Gasteiger partial charge in [-0.05, 0) is 18.8 Å². The summed E-state index contributed by atoms with van der Waals surface area (Å²) in [4.78, 5) is 0. The van der Waals surface area contributed by atoms with Crippen molar-refractivity contribution in [2.45, 2.75) is 37.5 Å². The average Bonchev–Trinajstić information content (AvgIpc) is 2.05. The SMILES string of the molecule is ClCC(Cl)C1CCCCC1. The molecule has 0 aromatic rings. The molecule has 0 aromatic carbocycles. The summed E-state index contributed by atoms with van der Waals surface area (Å²) in [7, 11) is 0. The summed E-state index contributed by atoms with van der Waals surface area (Å²) in [5, 5.41) is 0.224. The smallest absolute Gasteiger partial charge is 0.0499 e. The highest BCUT2D eigenvalue weighted by atomic mass is 35.5. The zero-order chi connectivity index (χ0) is 7.40. The zero-order valence-corrected chi connectivity index (χ0v) is 7.67. The molecule has 1 atom stereocenters. The third-order valence-corrected chi connectivity index (χ3v) is 3.31. The Morgan fingerprint density at radius 2 is 1.80 bits per heavy atom. The van der Waals surface area contributed by atoms with E-state index in [2.05, 4.69) is 0 Å². The lowest BCUT2D eigenvalue weighted by Crippen LogP contribution is -2.19. The van der Waals surface area contributed by atoms with E-state index >= 15 is 0 Å². The third kappa shape index (κ3) is 2.32. The van der Waals surface area contributed by atoms with Crippen LogP contribution in [0.3, 0.4) is 0 Å². The summed E-state index contributed by atoms with van der Waals surface area (Å²) < 4.78 is 0. The van der Waals surface area contributed by atoms with Crippen molar-refractivity contribution in [3.63, 3.8) is 0 Å². The zero-order valence-electron chi connectivity index (χ0n) is 6.15. The fraction of sp³-hybridized carbons (Fsp3) is 1.00. The van der Waals surface area contributed by atoms with Crippen molar-refractivity contribution in [1.29, 1.82) is 0 Å². The van der Waals surface area contributed by atoms with Crippen molar-refractivity contribution >= 4 is 23.2 Å². The Kier molecular flexibility index (Phi) is 3.87. The Hall–Kier alpha value is 0.580. The Bertz CT molecular complexity index is 87.3. The van der Waals surface area contributed by atoms with E-state index in [9.17, 15) is 0 Å². The van der Waals surface area contributed by atoms with E-state index in [4.69, 9.17) is 23.2 Å². The average molecular weight is 181 g/mol. The number of halogens is 2. The first-order valence-corrected chi connectivity index (χ1v) is 5.01. The maximum absolute atomic E-state index is 6.01. The molecule has 10 heavy (non-hydrogen) atoms. The van der Waals surface area contributed by atoms with Crippen molar-refractivity contribution in [2.75, 3.05) is 5.88 Å². The van der Waals surface area contributed by atoms with Gasteiger partial charge in [0.25, 0.3) is 0 Å². The number of alkyl halides is 2. The van der Waals surface area contributed by atoms with Gasteiger partial charge in [-0.1, -0.05) is 19.3 Å². The highest BCUT2D eigenvalue weighted by Crippen LogP contribution is 2.29. The van der Waals surface area contributed by atoms with Crippen LogP contribution in [0.25, 0.3) is 0 Å². The molecular formula is C8H14Cl2. The van der Waals surface area contributed by atoms with Gasteiger partial charge in [0, 0.05) is 11.3 Å². The molecule has 0 heterocycles. The largest absolute Gasteiger partial charge is 0.125 e. The van der Waals surface area contributed by atoms with Gasteiger partial charge in [0.05, 0.1) is 0 Å². The van der Waals surface area contributed by atoms with Gasteiger partial charge < -0.3 is 0 Å².